The monoisotopic (exact) mass is 388 g/mol. The van der Waals surface area contributed by atoms with Crippen molar-refractivity contribution in [3.63, 3.8) is 0 Å². The predicted octanol–water partition coefficient (Wildman–Crippen LogP) is 3.05. The first-order valence-corrected chi connectivity index (χ1v) is 8.60. The van der Waals surface area contributed by atoms with Crippen molar-refractivity contribution in [3.8, 4) is 11.7 Å². The van der Waals surface area contributed by atoms with Crippen LogP contribution in [0.15, 0.2) is 33.2 Å². The SMILES string of the molecule is O=C(O)N1CCC(OCc2noc(-c3cc4cc([N+](=O)[O-])ccc4o3)n2)CC1. The Hall–Kier alpha value is -3.47. The molecule has 146 valence electrons. The van der Waals surface area contributed by atoms with Gasteiger partial charge in [0.25, 0.3) is 11.6 Å². The van der Waals surface area contributed by atoms with Crippen LogP contribution in [0.4, 0.5) is 10.5 Å². The number of carboxylic acid groups (broad SMARTS) is 1. The van der Waals surface area contributed by atoms with E-state index in [0.717, 1.165) is 0 Å². The third-order valence-electron chi connectivity index (χ3n) is 4.55. The number of hydrogen-bond donors (Lipinski definition) is 1. The van der Waals surface area contributed by atoms with Gasteiger partial charge in [-0.1, -0.05) is 5.16 Å². The Morgan fingerprint density at radius 1 is 1.36 bits per heavy atom. The number of carbonyl (C=O) groups is 1. The summed E-state index contributed by atoms with van der Waals surface area (Å²) in [7, 11) is 0. The van der Waals surface area contributed by atoms with E-state index in [4.69, 9.17) is 18.8 Å². The van der Waals surface area contributed by atoms with Gasteiger partial charge in [-0.25, -0.2) is 4.79 Å². The number of amides is 1. The fourth-order valence-corrected chi connectivity index (χ4v) is 3.07. The average molecular weight is 388 g/mol. The Bertz CT molecular complexity index is 1020. The van der Waals surface area contributed by atoms with E-state index in [2.05, 4.69) is 10.1 Å². The topological polar surface area (TPSA) is 145 Å². The highest BCUT2D eigenvalue weighted by atomic mass is 16.6. The Morgan fingerprint density at radius 2 is 2.14 bits per heavy atom. The summed E-state index contributed by atoms with van der Waals surface area (Å²) in [5, 5.41) is 24.2. The van der Waals surface area contributed by atoms with E-state index in [1.165, 1.54) is 23.1 Å². The van der Waals surface area contributed by atoms with Crippen LogP contribution in [-0.2, 0) is 11.3 Å². The molecule has 11 heteroatoms. The van der Waals surface area contributed by atoms with Crippen LogP contribution < -0.4 is 0 Å². The van der Waals surface area contributed by atoms with E-state index < -0.39 is 11.0 Å². The summed E-state index contributed by atoms with van der Waals surface area (Å²) in [6, 6.07) is 5.88. The molecule has 1 aromatic carbocycles. The molecule has 1 saturated heterocycles. The lowest BCUT2D eigenvalue weighted by Gasteiger charge is -2.29. The van der Waals surface area contributed by atoms with E-state index in [1.54, 1.807) is 6.07 Å². The summed E-state index contributed by atoms with van der Waals surface area (Å²) in [5.41, 5.74) is 0.440. The molecular weight excluding hydrogens is 372 g/mol. The number of nitro groups is 1. The molecule has 1 aliphatic rings. The lowest BCUT2D eigenvalue weighted by Crippen LogP contribution is -2.40. The van der Waals surface area contributed by atoms with Gasteiger partial charge in [-0.15, -0.1) is 0 Å². The smallest absolute Gasteiger partial charge is 0.407 e. The number of nitro benzene ring substituents is 1. The number of aromatic nitrogens is 2. The molecule has 3 heterocycles. The zero-order valence-corrected chi connectivity index (χ0v) is 14.6. The van der Waals surface area contributed by atoms with Gasteiger partial charge < -0.3 is 23.7 Å². The molecule has 28 heavy (non-hydrogen) atoms. The molecule has 0 radical (unpaired) electrons. The first-order chi connectivity index (χ1) is 13.5. The highest BCUT2D eigenvalue weighted by Crippen LogP contribution is 2.29. The molecule has 2 aromatic heterocycles. The summed E-state index contributed by atoms with van der Waals surface area (Å²) >= 11 is 0. The van der Waals surface area contributed by atoms with Crippen LogP contribution >= 0.6 is 0 Å². The zero-order valence-electron chi connectivity index (χ0n) is 14.6. The predicted molar refractivity (Wildman–Crippen MR) is 93.6 cm³/mol. The largest absolute Gasteiger partial charge is 0.465 e. The molecule has 1 aliphatic heterocycles. The summed E-state index contributed by atoms with van der Waals surface area (Å²) in [6.07, 6.45) is 0.236. The van der Waals surface area contributed by atoms with Gasteiger partial charge in [0.05, 0.1) is 11.0 Å². The van der Waals surface area contributed by atoms with Crippen molar-refractivity contribution in [3.05, 3.63) is 40.2 Å². The minimum atomic E-state index is -0.919. The van der Waals surface area contributed by atoms with Gasteiger partial charge in [-0.05, 0) is 25.0 Å². The molecule has 1 amide bonds. The Labute approximate surface area is 157 Å². The molecule has 0 unspecified atom stereocenters. The minimum Gasteiger partial charge on any atom is -0.465 e. The van der Waals surface area contributed by atoms with Crippen LogP contribution in [0, 0.1) is 10.1 Å². The molecular formula is C17H16N4O7. The van der Waals surface area contributed by atoms with E-state index in [9.17, 15) is 14.9 Å². The van der Waals surface area contributed by atoms with E-state index >= 15 is 0 Å². The van der Waals surface area contributed by atoms with Gasteiger partial charge >= 0.3 is 6.09 Å². The van der Waals surface area contributed by atoms with E-state index in [0.29, 0.717) is 48.5 Å². The second-order valence-electron chi connectivity index (χ2n) is 6.39. The van der Waals surface area contributed by atoms with Gasteiger partial charge in [0, 0.05) is 30.6 Å². The number of hydrogen-bond acceptors (Lipinski definition) is 8. The maximum absolute atomic E-state index is 10.9. The number of nitrogens with zero attached hydrogens (tertiary/aromatic N) is 4. The van der Waals surface area contributed by atoms with Crippen molar-refractivity contribution in [1.82, 2.24) is 15.0 Å². The molecule has 0 spiro atoms. The van der Waals surface area contributed by atoms with E-state index in [-0.39, 0.29) is 24.3 Å². The maximum Gasteiger partial charge on any atom is 0.407 e. The van der Waals surface area contributed by atoms with Crippen molar-refractivity contribution in [2.75, 3.05) is 13.1 Å². The maximum atomic E-state index is 10.9. The fraction of sp³-hybridized carbons (Fsp3) is 0.353. The molecule has 0 aliphatic carbocycles. The average Bonchev–Trinajstić information content (AvgIpc) is 3.32. The molecule has 4 rings (SSSR count). The highest BCUT2D eigenvalue weighted by molar-refractivity contribution is 5.83. The number of rotatable bonds is 5. The minimum absolute atomic E-state index is 0.0339. The second kappa shape index (κ2) is 7.27. The summed E-state index contributed by atoms with van der Waals surface area (Å²) < 4.78 is 16.5. The van der Waals surface area contributed by atoms with Crippen molar-refractivity contribution >= 4 is 22.7 Å². The van der Waals surface area contributed by atoms with E-state index in [1.807, 2.05) is 0 Å². The zero-order chi connectivity index (χ0) is 19.7. The van der Waals surface area contributed by atoms with Crippen LogP contribution in [0.25, 0.3) is 22.6 Å². The van der Waals surface area contributed by atoms with Gasteiger partial charge in [-0.3, -0.25) is 10.1 Å². The van der Waals surface area contributed by atoms with Crippen LogP contribution in [0.3, 0.4) is 0 Å². The summed E-state index contributed by atoms with van der Waals surface area (Å²) in [5.74, 6) is 0.796. The van der Waals surface area contributed by atoms with Gasteiger partial charge in [0.1, 0.15) is 12.2 Å². The number of furan rings is 1. The number of fused-ring (bicyclic) bond motifs is 1. The fourth-order valence-electron chi connectivity index (χ4n) is 3.07. The third-order valence-corrected chi connectivity index (χ3v) is 4.55. The Kier molecular flexibility index (Phi) is 4.65. The molecule has 0 bridgehead atoms. The lowest BCUT2D eigenvalue weighted by molar-refractivity contribution is -0.384. The number of ether oxygens (including phenoxy) is 1. The molecule has 0 saturated carbocycles. The normalized spacial score (nSPS) is 15.2. The highest BCUT2D eigenvalue weighted by Gasteiger charge is 2.23. The van der Waals surface area contributed by atoms with Crippen LogP contribution in [0.2, 0.25) is 0 Å². The Morgan fingerprint density at radius 3 is 2.86 bits per heavy atom. The van der Waals surface area contributed by atoms with Gasteiger partial charge in [0.2, 0.25) is 0 Å². The first-order valence-electron chi connectivity index (χ1n) is 8.60. The molecule has 11 nitrogen and oxygen atoms in total. The van der Waals surface area contributed by atoms with Crippen molar-refractivity contribution in [1.29, 1.82) is 0 Å². The number of non-ortho nitro benzene ring substituents is 1. The van der Waals surface area contributed by atoms with Crippen molar-refractivity contribution < 1.29 is 28.5 Å². The third kappa shape index (κ3) is 3.64. The quantitative estimate of drug-likeness (QED) is 0.514. The molecule has 0 atom stereocenters. The van der Waals surface area contributed by atoms with Crippen molar-refractivity contribution in [2.45, 2.75) is 25.6 Å². The van der Waals surface area contributed by atoms with Crippen LogP contribution in [0.1, 0.15) is 18.7 Å². The van der Waals surface area contributed by atoms with Gasteiger partial charge in [0.15, 0.2) is 11.6 Å². The molecule has 3 aromatic rings. The Balaban J connectivity index is 1.40. The second-order valence-corrected chi connectivity index (χ2v) is 6.39. The lowest BCUT2D eigenvalue weighted by atomic mass is 10.1. The van der Waals surface area contributed by atoms with Gasteiger partial charge in [-0.2, -0.15) is 4.98 Å². The standard InChI is InChI=1S/C17H16N4O7/c22-17(23)20-5-3-12(4-6-20)26-9-15-18-16(28-19-15)14-8-10-7-11(21(24)25)1-2-13(10)27-14/h1-2,7-8,12H,3-6,9H2,(H,22,23). The summed E-state index contributed by atoms with van der Waals surface area (Å²) in [4.78, 5) is 26.9. The number of likely N-dealkylation sites (tertiary alicyclic amines) is 1. The number of piperidine rings is 1. The first kappa shape index (κ1) is 17.9. The number of benzene rings is 1. The molecule has 1 N–H and O–H groups in total. The molecule has 1 fully saturated rings. The van der Waals surface area contributed by atoms with Crippen LogP contribution in [0.5, 0.6) is 0 Å². The van der Waals surface area contributed by atoms with Crippen LogP contribution in [-0.4, -0.2) is 50.4 Å². The summed E-state index contributed by atoms with van der Waals surface area (Å²) in [6.45, 7) is 0.998. The van der Waals surface area contributed by atoms with Crippen molar-refractivity contribution in [2.24, 2.45) is 0 Å².